The van der Waals surface area contributed by atoms with Crippen molar-refractivity contribution in [3.63, 3.8) is 0 Å². The van der Waals surface area contributed by atoms with E-state index < -0.39 is 108 Å². The van der Waals surface area contributed by atoms with E-state index in [9.17, 15) is 23.8 Å². The predicted molar refractivity (Wildman–Crippen MR) is 131 cm³/mol. The van der Waals surface area contributed by atoms with E-state index >= 15 is 4.39 Å². The molecule has 0 amide bonds. The fourth-order valence-electron chi connectivity index (χ4n) is 4.31. The average Bonchev–Trinajstić information content (AvgIpc) is 3.61. The number of hydrogen-bond donors (Lipinski definition) is 2. The maximum absolute atomic E-state index is 16.2. The van der Waals surface area contributed by atoms with Crippen molar-refractivity contribution in [2.45, 2.75) is 76.0 Å². The fraction of sp³-hybridized carbons (Fsp3) is 0.464. The van der Waals surface area contributed by atoms with Crippen LogP contribution in [0.1, 0.15) is 74.6 Å². The fourth-order valence-corrected chi connectivity index (χ4v) is 4.31. The van der Waals surface area contributed by atoms with Crippen molar-refractivity contribution in [2.24, 2.45) is 0 Å². The molecule has 1 aliphatic heterocycles. The van der Waals surface area contributed by atoms with Gasteiger partial charge in [0, 0.05) is 29.8 Å². The lowest BCUT2D eigenvalue weighted by Crippen LogP contribution is -2.26. The molecule has 0 radical (unpaired) electrons. The number of rotatable bonds is 9. The van der Waals surface area contributed by atoms with Gasteiger partial charge < -0.3 is 24.3 Å². The number of aliphatic hydroxyl groups is 2. The van der Waals surface area contributed by atoms with Gasteiger partial charge in [-0.15, -0.1) is 8.78 Å². The van der Waals surface area contributed by atoms with Crippen LogP contribution in [-0.4, -0.2) is 39.5 Å². The molecule has 2 heterocycles. The number of ketones is 1. The lowest BCUT2D eigenvalue weighted by Gasteiger charge is -2.26. The van der Waals surface area contributed by atoms with Gasteiger partial charge in [0.15, 0.2) is 11.5 Å². The van der Waals surface area contributed by atoms with Gasteiger partial charge in [-0.1, -0.05) is 26.8 Å². The number of benzene rings is 2. The summed E-state index contributed by atoms with van der Waals surface area (Å²) < 4.78 is 161. The van der Waals surface area contributed by atoms with Gasteiger partial charge in [0.05, 0.1) is 41.0 Å². The monoisotopic (exact) mass is 530 g/mol. The highest BCUT2D eigenvalue weighted by atomic mass is 19.3. The molecule has 9 heteroatoms. The molecule has 0 bridgehead atoms. The Hall–Kier alpha value is -3.04. The van der Waals surface area contributed by atoms with Crippen molar-refractivity contribution in [3.05, 3.63) is 59.0 Å². The Morgan fingerprint density at radius 1 is 1.32 bits per heavy atom. The van der Waals surface area contributed by atoms with Gasteiger partial charge >= 0.3 is 6.29 Å². The number of carbonyl (C=O) groups is 1. The molecule has 0 spiro atoms. The average molecular weight is 531 g/mol. The first-order chi connectivity index (χ1) is 22.4. The van der Waals surface area contributed by atoms with Crippen LogP contribution in [0.15, 0.2) is 36.3 Å². The number of alkyl halides is 2. The van der Waals surface area contributed by atoms with Crippen LogP contribution < -0.4 is 9.47 Å². The van der Waals surface area contributed by atoms with Crippen molar-refractivity contribution < 1.29 is 55.5 Å². The van der Waals surface area contributed by atoms with Crippen LogP contribution in [0.25, 0.3) is 10.9 Å². The van der Waals surface area contributed by atoms with E-state index in [-0.39, 0.29) is 34.5 Å². The minimum absolute atomic E-state index is 0.112. The zero-order valence-corrected chi connectivity index (χ0v) is 19.6. The second-order valence-electron chi connectivity index (χ2n) is 9.03. The van der Waals surface area contributed by atoms with E-state index in [0.29, 0.717) is 0 Å². The number of Topliss-reactive ketones (excluding diaryl/α,β-unsaturated/α-hetero) is 1. The molecule has 2 atom stereocenters. The summed E-state index contributed by atoms with van der Waals surface area (Å²) in [6, 6.07) is -0.00851. The van der Waals surface area contributed by atoms with Gasteiger partial charge in [-0.05, 0) is 60.6 Å². The van der Waals surface area contributed by atoms with Crippen LogP contribution >= 0.6 is 0 Å². The largest absolute Gasteiger partial charge is 0.586 e. The number of halogens is 3. The predicted octanol–water partition coefficient (Wildman–Crippen LogP) is 4.99. The number of aromatic nitrogens is 1. The van der Waals surface area contributed by atoms with Gasteiger partial charge in [-0.3, -0.25) is 4.79 Å². The third-order valence-corrected chi connectivity index (χ3v) is 6.57. The van der Waals surface area contributed by atoms with Crippen LogP contribution in [0.5, 0.6) is 11.5 Å². The zero-order chi connectivity index (χ0) is 38.2. The molecule has 37 heavy (non-hydrogen) atoms. The van der Waals surface area contributed by atoms with Gasteiger partial charge in [-0.25, -0.2) is 4.39 Å². The summed E-state index contributed by atoms with van der Waals surface area (Å²) in [6.45, 7) is -10.3. The van der Waals surface area contributed by atoms with Crippen molar-refractivity contribution in [3.8, 4) is 11.5 Å². The Bertz CT molecular complexity index is 1920. The van der Waals surface area contributed by atoms with Crippen LogP contribution in [-0.2, 0) is 28.5 Å². The van der Waals surface area contributed by atoms with Crippen LogP contribution in [0.4, 0.5) is 13.2 Å². The number of fused-ring (bicyclic) bond motifs is 2. The molecule has 3 aromatic rings. The molecule has 5 rings (SSSR count). The van der Waals surface area contributed by atoms with Crippen LogP contribution in [0.3, 0.4) is 0 Å². The minimum Gasteiger partial charge on any atom is -0.395 e. The highest BCUT2D eigenvalue weighted by molar-refractivity contribution is 5.95. The Morgan fingerprint density at radius 3 is 2.70 bits per heavy atom. The van der Waals surface area contributed by atoms with E-state index in [4.69, 9.17) is 17.8 Å². The van der Waals surface area contributed by atoms with Gasteiger partial charge in [0.1, 0.15) is 11.6 Å². The number of ether oxygens (including phenoxy) is 2. The molecule has 0 saturated heterocycles. The minimum atomic E-state index is -4.30. The molecule has 2 aromatic carbocycles. The summed E-state index contributed by atoms with van der Waals surface area (Å²) in [7, 11) is 0. The Labute approximate surface area is 230 Å². The third-order valence-electron chi connectivity index (χ3n) is 6.57. The second kappa shape index (κ2) is 8.77. The Balaban J connectivity index is 1.78. The Morgan fingerprint density at radius 2 is 2.05 bits per heavy atom. The van der Waals surface area contributed by atoms with Gasteiger partial charge in [0.2, 0.25) is 0 Å². The highest BCUT2D eigenvalue weighted by Crippen LogP contribution is 2.52. The van der Waals surface area contributed by atoms with Crippen molar-refractivity contribution in [1.82, 2.24) is 4.57 Å². The van der Waals surface area contributed by atoms with Gasteiger partial charge in [0.25, 0.3) is 0 Å². The summed E-state index contributed by atoms with van der Waals surface area (Å²) >= 11 is 0. The van der Waals surface area contributed by atoms with Crippen molar-refractivity contribution in [1.29, 1.82) is 0 Å². The number of hydrogen-bond acceptors (Lipinski definition) is 5. The maximum atomic E-state index is 16.2. The second-order valence-corrected chi connectivity index (χ2v) is 9.03. The normalized spacial score (nSPS) is 27.1. The Kier molecular flexibility index (Phi) is 3.37. The van der Waals surface area contributed by atoms with Crippen LogP contribution in [0.2, 0.25) is 0 Å². The van der Waals surface area contributed by atoms with E-state index in [0.717, 1.165) is 26.0 Å². The quantitative estimate of drug-likeness (QED) is 0.408. The number of carbonyl (C=O) groups excluding carboxylic acids is 1. The van der Waals surface area contributed by atoms with E-state index in [1.807, 2.05) is 0 Å². The summed E-state index contributed by atoms with van der Waals surface area (Å²) in [5.41, 5.74) is -7.42. The molecule has 2 N–H and O–H groups in total. The first kappa shape index (κ1) is 14.2. The molecule has 1 fully saturated rings. The third kappa shape index (κ3) is 4.48. The smallest absolute Gasteiger partial charge is 0.395 e. The zero-order valence-electron chi connectivity index (χ0n) is 32.6. The highest BCUT2D eigenvalue weighted by Gasteiger charge is 2.52. The van der Waals surface area contributed by atoms with Crippen molar-refractivity contribution >= 4 is 16.7 Å². The van der Waals surface area contributed by atoms with Crippen molar-refractivity contribution in [2.75, 3.05) is 6.56 Å². The molecule has 1 aromatic heterocycles. The SMILES string of the molecule is [2H]c1c(CC(=O)C2(c3ccc4c(c3)OC(F)(F)O4)CC2)c(F)c([2H])c2c1c([2H])c(C(C)(C([2H])([2H])[2H])C([2H])([2H])C)n2C([2H])([2H])[C@@]([2H])(O)C([2H])([2H])O. The molecule has 198 valence electrons. The number of nitrogens with zero attached hydrogens (tertiary/aromatic N) is 1. The maximum Gasteiger partial charge on any atom is 0.586 e. The summed E-state index contributed by atoms with van der Waals surface area (Å²) in [4.78, 5) is 13.8. The molecular weight excluding hydrogens is 487 g/mol. The summed E-state index contributed by atoms with van der Waals surface area (Å²) in [5, 5.41) is 19.8. The van der Waals surface area contributed by atoms with E-state index in [1.54, 1.807) is 0 Å². The summed E-state index contributed by atoms with van der Waals surface area (Å²) in [6.07, 6.45) is -11.8. The molecule has 1 unspecified atom stereocenters. The van der Waals surface area contributed by atoms with E-state index in [1.165, 1.54) is 6.07 Å². The first-order valence-corrected chi connectivity index (χ1v) is 11.1. The van der Waals surface area contributed by atoms with Gasteiger partial charge in [-0.2, -0.15) is 0 Å². The summed E-state index contributed by atoms with van der Waals surface area (Å²) in [5.74, 6) is -3.09. The van der Waals surface area contributed by atoms with E-state index in [2.05, 4.69) is 9.47 Å². The molecule has 1 aliphatic carbocycles. The first-order valence-electron chi connectivity index (χ1n) is 17.6. The molecular formula is C28H30F3NO5. The lowest BCUT2D eigenvalue weighted by molar-refractivity contribution is -0.286. The standard InChI is InChI=1S/C28H30F3NO5/c1-4-26(2,3)24-10-17-9-16(20(29)13-21(17)32(24)14-19(34)15-33)11-25(35)27(7-8-27)18-5-6-22-23(12-18)37-28(30,31)36-22/h5-6,9-10,12-13,19,33-34H,4,7-8,11,14-15H2,1-3H3/t19-/m1/s1/i2D3,4D2,9D,10D,13D,14D2,15D2,19D/t19-,26?. The lowest BCUT2D eigenvalue weighted by atomic mass is 9.86. The van der Waals surface area contributed by atoms with Crippen LogP contribution in [0, 0.1) is 5.82 Å². The topological polar surface area (TPSA) is 80.9 Å². The molecule has 2 aliphatic rings. The molecule has 1 saturated carbocycles. The molecule has 6 nitrogen and oxygen atoms in total.